The second kappa shape index (κ2) is 7.63. The van der Waals surface area contributed by atoms with Gasteiger partial charge in [0.25, 0.3) is 0 Å². The predicted octanol–water partition coefficient (Wildman–Crippen LogP) is 1.37. The minimum absolute atomic E-state index is 0.198. The Bertz CT molecular complexity index is 655. The third-order valence-electron chi connectivity index (χ3n) is 4.67. The van der Waals surface area contributed by atoms with Gasteiger partial charge in [-0.05, 0) is 17.7 Å². The highest BCUT2D eigenvalue weighted by molar-refractivity contribution is 5.96. The molecular weight excluding hydrogens is 349 g/mol. The Balaban J connectivity index is 1.45. The lowest BCUT2D eigenvalue weighted by molar-refractivity contribution is -0.137. The molecule has 142 valence electrons. The topological polar surface area (TPSA) is 55.9 Å². The van der Waals surface area contributed by atoms with Crippen LogP contribution in [0.15, 0.2) is 24.3 Å². The number of nitrogens with one attached hydrogen (secondary N) is 1. The number of hydrogen-bond donors (Lipinski definition) is 1. The van der Waals surface area contributed by atoms with E-state index in [9.17, 15) is 22.8 Å². The van der Waals surface area contributed by atoms with Crippen LogP contribution in [-0.4, -0.2) is 72.5 Å². The molecule has 2 aliphatic rings. The molecule has 0 bridgehead atoms. The number of piperazine rings is 1. The van der Waals surface area contributed by atoms with Crippen molar-refractivity contribution in [2.45, 2.75) is 12.7 Å². The van der Waals surface area contributed by atoms with Crippen LogP contribution in [-0.2, 0) is 17.5 Å². The minimum Gasteiger partial charge on any atom is -0.336 e. The maximum absolute atomic E-state index is 12.6. The van der Waals surface area contributed by atoms with Crippen molar-refractivity contribution in [1.82, 2.24) is 20.0 Å². The van der Waals surface area contributed by atoms with E-state index in [1.54, 1.807) is 0 Å². The second-order valence-corrected chi connectivity index (χ2v) is 6.52. The summed E-state index contributed by atoms with van der Waals surface area (Å²) in [5, 5.41) is 2.60. The molecule has 0 atom stereocenters. The Morgan fingerprint density at radius 2 is 1.62 bits per heavy atom. The summed E-state index contributed by atoms with van der Waals surface area (Å²) >= 11 is 0. The molecule has 2 aliphatic heterocycles. The van der Waals surface area contributed by atoms with E-state index in [1.807, 2.05) is 4.90 Å². The van der Waals surface area contributed by atoms with Crippen molar-refractivity contribution < 1.29 is 22.8 Å². The number of halogens is 3. The van der Waals surface area contributed by atoms with Crippen LogP contribution < -0.4 is 5.32 Å². The van der Waals surface area contributed by atoms with Crippen molar-refractivity contribution >= 4 is 11.9 Å². The highest BCUT2D eigenvalue weighted by Crippen LogP contribution is 2.29. The van der Waals surface area contributed by atoms with Crippen molar-refractivity contribution in [3.8, 4) is 0 Å². The maximum Gasteiger partial charge on any atom is 0.416 e. The zero-order valence-corrected chi connectivity index (χ0v) is 14.3. The van der Waals surface area contributed by atoms with E-state index in [2.05, 4.69) is 10.2 Å². The summed E-state index contributed by atoms with van der Waals surface area (Å²) in [4.78, 5) is 29.0. The number of carbonyl (C=O) groups is 2. The van der Waals surface area contributed by atoms with Crippen LogP contribution in [0, 0.1) is 0 Å². The van der Waals surface area contributed by atoms with E-state index in [0.717, 1.165) is 30.8 Å². The first kappa shape index (κ1) is 18.7. The highest BCUT2D eigenvalue weighted by Gasteiger charge is 2.30. The molecule has 2 saturated heterocycles. The molecule has 1 N–H and O–H groups in total. The lowest BCUT2D eigenvalue weighted by Gasteiger charge is -2.34. The zero-order valence-electron chi connectivity index (χ0n) is 14.3. The first-order valence-corrected chi connectivity index (χ1v) is 8.52. The van der Waals surface area contributed by atoms with Gasteiger partial charge >= 0.3 is 12.2 Å². The van der Waals surface area contributed by atoms with Gasteiger partial charge in [0.15, 0.2) is 0 Å². The van der Waals surface area contributed by atoms with Gasteiger partial charge in [0, 0.05) is 45.8 Å². The van der Waals surface area contributed by atoms with E-state index in [-0.39, 0.29) is 18.5 Å². The average molecular weight is 370 g/mol. The number of urea groups is 1. The first-order valence-electron chi connectivity index (χ1n) is 8.52. The molecule has 1 aromatic rings. The summed E-state index contributed by atoms with van der Waals surface area (Å²) in [6, 6.07) is 4.88. The fourth-order valence-electron chi connectivity index (χ4n) is 3.15. The fraction of sp³-hybridized carbons (Fsp3) is 0.529. The van der Waals surface area contributed by atoms with Gasteiger partial charge in [0.2, 0.25) is 5.91 Å². The first-order chi connectivity index (χ1) is 12.3. The van der Waals surface area contributed by atoms with Gasteiger partial charge in [-0.15, -0.1) is 0 Å². The van der Waals surface area contributed by atoms with Gasteiger partial charge in [-0.25, -0.2) is 4.79 Å². The number of rotatable bonds is 4. The number of alkyl halides is 3. The Morgan fingerprint density at radius 1 is 1.00 bits per heavy atom. The molecule has 0 aliphatic carbocycles. The monoisotopic (exact) mass is 370 g/mol. The zero-order chi connectivity index (χ0) is 18.7. The molecule has 2 fully saturated rings. The van der Waals surface area contributed by atoms with Gasteiger partial charge in [-0.2, -0.15) is 13.2 Å². The summed E-state index contributed by atoms with van der Waals surface area (Å²) in [6.07, 6.45) is -4.32. The van der Waals surface area contributed by atoms with E-state index >= 15 is 0 Å². The number of amides is 3. The largest absolute Gasteiger partial charge is 0.416 e. The van der Waals surface area contributed by atoms with Gasteiger partial charge < -0.3 is 5.32 Å². The van der Waals surface area contributed by atoms with E-state index in [0.29, 0.717) is 32.7 Å². The third-order valence-corrected chi connectivity index (χ3v) is 4.67. The summed E-state index contributed by atoms with van der Waals surface area (Å²) in [5.74, 6) is -0.198. The molecule has 26 heavy (non-hydrogen) atoms. The molecular formula is C17H21F3N4O2. The quantitative estimate of drug-likeness (QED) is 0.870. The Hall–Kier alpha value is -2.13. The molecule has 3 rings (SSSR count). The summed E-state index contributed by atoms with van der Waals surface area (Å²) < 4.78 is 37.8. The highest BCUT2D eigenvalue weighted by atomic mass is 19.4. The number of carbonyl (C=O) groups excluding carboxylic acids is 2. The normalized spacial score (nSPS) is 19.7. The summed E-state index contributed by atoms with van der Waals surface area (Å²) in [5.41, 5.74) is 0.187. The van der Waals surface area contributed by atoms with Crippen LogP contribution in [0.5, 0.6) is 0 Å². The number of benzene rings is 1. The lowest BCUT2D eigenvalue weighted by atomic mass is 10.1. The maximum atomic E-state index is 12.6. The average Bonchev–Trinajstić information content (AvgIpc) is 3.02. The molecule has 0 aromatic heterocycles. The SMILES string of the molecule is O=C(CN1CCN(Cc2ccc(C(F)(F)F)cc2)CC1)N1CCNC1=O. The Labute approximate surface area is 149 Å². The van der Waals surface area contributed by atoms with Crippen molar-refractivity contribution in [1.29, 1.82) is 0 Å². The number of nitrogens with zero attached hydrogens (tertiary/aromatic N) is 3. The van der Waals surface area contributed by atoms with Crippen molar-refractivity contribution in [3.63, 3.8) is 0 Å². The molecule has 0 unspecified atom stereocenters. The van der Waals surface area contributed by atoms with Crippen LogP contribution in [0.25, 0.3) is 0 Å². The number of imide groups is 1. The van der Waals surface area contributed by atoms with Gasteiger partial charge in [0.1, 0.15) is 0 Å². The molecule has 9 heteroatoms. The fourth-order valence-corrected chi connectivity index (χ4v) is 3.15. The minimum atomic E-state index is -4.32. The molecule has 3 amide bonds. The summed E-state index contributed by atoms with van der Waals surface area (Å²) in [7, 11) is 0. The van der Waals surface area contributed by atoms with Gasteiger partial charge in [-0.1, -0.05) is 12.1 Å². The number of hydrogen-bond acceptors (Lipinski definition) is 4. The standard InChI is InChI=1S/C17H21F3N4O2/c18-17(19,20)14-3-1-13(2-4-14)11-22-7-9-23(10-8-22)12-15(25)24-6-5-21-16(24)26/h1-4H,5-12H2,(H,21,26). The molecule has 0 spiro atoms. The van der Waals surface area contributed by atoms with Crippen LogP contribution in [0.2, 0.25) is 0 Å². The van der Waals surface area contributed by atoms with Crippen molar-refractivity contribution in [2.75, 3.05) is 45.8 Å². The molecule has 0 saturated carbocycles. The van der Waals surface area contributed by atoms with Crippen LogP contribution in [0.3, 0.4) is 0 Å². The van der Waals surface area contributed by atoms with Gasteiger partial charge in [0.05, 0.1) is 12.1 Å². The smallest absolute Gasteiger partial charge is 0.336 e. The molecule has 1 aromatic carbocycles. The third kappa shape index (κ3) is 4.53. The van der Waals surface area contributed by atoms with Crippen molar-refractivity contribution in [2.24, 2.45) is 0 Å². The predicted molar refractivity (Wildman–Crippen MR) is 88.3 cm³/mol. The Morgan fingerprint density at radius 3 is 2.15 bits per heavy atom. The molecule has 2 heterocycles. The van der Waals surface area contributed by atoms with E-state index < -0.39 is 11.7 Å². The Kier molecular flexibility index (Phi) is 5.47. The van der Waals surface area contributed by atoms with E-state index in [1.165, 1.54) is 17.0 Å². The second-order valence-electron chi connectivity index (χ2n) is 6.52. The van der Waals surface area contributed by atoms with Crippen LogP contribution in [0.1, 0.15) is 11.1 Å². The van der Waals surface area contributed by atoms with Crippen molar-refractivity contribution in [3.05, 3.63) is 35.4 Å². The van der Waals surface area contributed by atoms with Gasteiger partial charge in [-0.3, -0.25) is 19.5 Å². The van der Waals surface area contributed by atoms with E-state index in [4.69, 9.17) is 0 Å². The van der Waals surface area contributed by atoms with Crippen LogP contribution >= 0.6 is 0 Å². The summed E-state index contributed by atoms with van der Waals surface area (Å²) in [6.45, 7) is 4.50. The van der Waals surface area contributed by atoms with Crippen LogP contribution in [0.4, 0.5) is 18.0 Å². The lowest BCUT2D eigenvalue weighted by Crippen LogP contribution is -2.50. The molecule has 0 radical (unpaired) electrons. The molecule has 6 nitrogen and oxygen atoms in total.